The number of methoxy groups -OCH3 is 1. The number of fused-ring (bicyclic) bond motifs is 2. The van der Waals surface area contributed by atoms with Crippen LogP contribution in [-0.2, 0) is 33.4 Å². The molecule has 0 atom stereocenters. The second-order valence-corrected chi connectivity index (χ2v) is 15.0. The second kappa shape index (κ2) is 15.6. The first kappa shape index (κ1) is 37.7. The molecule has 288 valence electrons. The Morgan fingerprint density at radius 1 is 1.07 bits per heavy atom. The van der Waals surface area contributed by atoms with Crippen molar-refractivity contribution >= 4 is 34.7 Å². The molecule has 7 rings (SSSR count). The number of nitrogens with zero attached hydrogens (tertiary/aromatic N) is 6. The minimum Gasteiger partial charge on any atom is -0.466 e. The van der Waals surface area contributed by atoms with Crippen molar-refractivity contribution in [3.05, 3.63) is 58.7 Å². The number of H-pyrrole nitrogens is 1. The summed E-state index contributed by atoms with van der Waals surface area (Å²) in [5.41, 5.74) is 3.75. The van der Waals surface area contributed by atoms with Gasteiger partial charge in [0.1, 0.15) is 16.9 Å². The summed E-state index contributed by atoms with van der Waals surface area (Å²) in [6, 6.07) is 6.33. The zero-order valence-electron chi connectivity index (χ0n) is 31.0. The number of pyridine rings is 3. The zero-order chi connectivity index (χ0) is 38.0. The van der Waals surface area contributed by atoms with Gasteiger partial charge in [-0.15, -0.1) is 0 Å². The number of nitrogens with one attached hydrogen (secondary N) is 2. The highest BCUT2D eigenvalue weighted by atomic mass is 19.4. The fourth-order valence-corrected chi connectivity index (χ4v) is 7.93. The number of aromatic nitrogens is 5. The van der Waals surface area contributed by atoms with Crippen LogP contribution in [0.3, 0.4) is 0 Å². The topological polar surface area (TPSA) is 138 Å². The van der Waals surface area contributed by atoms with Crippen molar-refractivity contribution in [2.75, 3.05) is 57.2 Å². The predicted molar refractivity (Wildman–Crippen MR) is 197 cm³/mol. The van der Waals surface area contributed by atoms with Crippen LogP contribution < -0.4 is 10.2 Å². The molecule has 3 aliphatic rings. The highest BCUT2D eigenvalue weighted by Gasteiger charge is 2.37. The van der Waals surface area contributed by atoms with E-state index in [0.29, 0.717) is 73.8 Å². The van der Waals surface area contributed by atoms with Gasteiger partial charge in [-0.2, -0.15) is 18.2 Å². The Balaban J connectivity index is 1.18. The molecule has 12 nitrogen and oxygen atoms in total. The van der Waals surface area contributed by atoms with Crippen molar-refractivity contribution in [1.29, 1.82) is 0 Å². The first-order valence-electron chi connectivity index (χ1n) is 18.8. The minimum absolute atomic E-state index is 0.00297. The van der Waals surface area contributed by atoms with Crippen LogP contribution in [0.1, 0.15) is 97.2 Å². The Kier molecular flexibility index (Phi) is 10.9. The molecule has 2 aliphatic carbocycles. The van der Waals surface area contributed by atoms with E-state index in [0.717, 1.165) is 62.3 Å². The Labute approximate surface area is 312 Å². The van der Waals surface area contributed by atoms with Gasteiger partial charge >= 0.3 is 12.1 Å². The summed E-state index contributed by atoms with van der Waals surface area (Å²) in [4.78, 5) is 50.7. The summed E-state index contributed by atoms with van der Waals surface area (Å²) in [5, 5.41) is 2.84. The third-order valence-electron chi connectivity index (χ3n) is 10.8. The lowest BCUT2D eigenvalue weighted by Gasteiger charge is -2.40. The Bertz CT molecular complexity index is 2000. The van der Waals surface area contributed by atoms with Crippen LogP contribution >= 0.6 is 0 Å². The van der Waals surface area contributed by atoms with Gasteiger partial charge in [-0.1, -0.05) is 19.3 Å². The first-order chi connectivity index (χ1) is 25.9. The lowest BCUT2D eigenvalue weighted by atomic mass is 9.74. The summed E-state index contributed by atoms with van der Waals surface area (Å²) in [6.45, 7) is 5.32. The van der Waals surface area contributed by atoms with E-state index in [1.165, 1.54) is 6.42 Å². The summed E-state index contributed by atoms with van der Waals surface area (Å²) >= 11 is 0. The van der Waals surface area contributed by atoms with E-state index >= 15 is 0 Å². The van der Waals surface area contributed by atoms with E-state index in [9.17, 15) is 22.8 Å². The molecule has 0 aromatic carbocycles. The molecule has 4 aromatic rings. The molecular weight excluding hydrogens is 701 g/mol. The largest absolute Gasteiger partial charge is 0.466 e. The van der Waals surface area contributed by atoms with Crippen molar-refractivity contribution in [1.82, 2.24) is 29.8 Å². The molecule has 4 aromatic heterocycles. The SMILES string of the molecule is CCOC(=O)CCN1CCc2cc(C(=O)Nc3nc4nc(-c5cc(C6CC6)nc(C(F)(F)F)c5)cc(N(C)CC5(COC)CCCCC5)c4[nH]3)ncc2C1. The molecule has 0 radical (unpaired) electrons. The van der Waals surface area contributed by atoms with Gasteiger partial charge in [-0.05, 0) is 74.4 Å². The van der Waals surface area contributed by atoms with Crippen LogP contribution in [0.5, 0.6) is 0 Å². The normalized spacial score (nSPS) is 17.3. The quantitative estimate of drug-likeness (QED) is 0.139. The standard InChI is InChI=1S/C39H47F3N8O4/c1-4-54-33(51)11-15-50-14-10-25-16-30(43-20-27(25)21-50)36(52)48-37-46-34-31(49(2)22-38(23-53-3)12-6-5-7-13-38)19-29(45-35(34)47-37)26-17-28(24-8-9-24)44-32(18-26)39(40,41)42/h16-20,24H,4-15,21-23H2,1-3H3,(H2,45,46,47,48,52). The van der Waals surface area contributed by atoms with E-state index in [4.69, 9.17) is 14.5 Å². The minimum atomic E-state index is -4.62. The number of imidazole rings is 1. The average molecular weight is 749 g/mol. The Hall–Kier alpha value is -4.63. The van der Waals surface area contributed by atoms with Gasteiger partial charge in [0.25, 0.3) is 5.91 Å². The molecule has 54 heavy (non-hydrogen) atoms. The number of alkyl halides is 3. The van der Waals surface area contributed by atoms with Crippen LogP contribution in [0.2, 0.25) is 0 Å². The maximum Gasteiger partial charge on any atom is 0.433 e. The molecule has 0 saturated heterocycles. The lowest BCUT2D eigenvalue weighted by molar-refractivity contribution is -0.143. The van der Waals surface area contributed by atoms with E-state index < -0.39 is 17.8 Å². The van der Waals surface area contributed by atoms with Crippen LogP contribution in [-0.4, -0.2) is 88.7 Å². The van der Waals surface area contributed by atoms with Gasteiger partial charge in [0, 0.05) is 69.1 Å². The van der Waals surface area contributed by atoms with Crippen LogP contribution in [0.15, 0.2) is 30.5 Å². The summed E-state index contributed by atoms with van der Waals surface area (Å²) in [7, 11) is 3.67. The van der Waals surface area contributed by atoms with Gasteiger partial charge in [-0.25, -0.2) is 9.97 Å². The van der Waals surface area contributed by atoms with Crippen LogP contribution in [0, 0.1) is 5.41 Å². The third-order valence-corrected chi connectivity index (χ3v) is 10.8. The highest BCUT2D eigenvalue weighted by Crippen LogP contribution is 2.43. The average Bonchev–Trinajstić information content (AvgIpc) is 3.93. The van der Waals surface area contributed by atoms with E-state index in [1.807, 2.05) is 7.05 Å². The number of hydrogen-bond acceptors (Lipinski definition) is 10. The number of anilines is 2. The van der Waals surface area contributed by atoms with Gasteiger partial charge in [0.2, 0.25) is 5.95 Å². The van der Waals surface area contributed by atoms with Crippen molar-refractivity contribution in [2.45, 2.75) is 83.4 Å². The molecule has 0 unspecified atom stereocenters. The number of aromatic amines is 1. The Morgan fingerprint density at radius 3 is 2.59 bits per heavy atom. The molecule has 1 aliphatic heterocycles. The van der Waals surface area contributed by atoms with E-state index in [2.05, 4.69) is 35.1 Å². The number of esters is 1. The van der Waals surface area contributed by atoms with Gasteiger partial charge in [0.05, 0.1) is 31.0 Å². The zero-order valence-corrected chi connectivity index (χ0v) is 31.0. The van der Waals surface area contributed by atoms with Crippen LogP contribution in [0.25, 0.3) is 22.4 Å². The van der Waals surface area contributed by atoms with Crippen LogP contribution in [0.4, 0.5) is 24.8 Å². The fourth-order valence-electron chi connectivity index (χ4n) is 7.93. The van der Waals surface area contributed by atoms with Gasteiger partial charge in [0.15, 0.2) is 5.65 Å². The number of carbonyl (C=O) groups excluding carboxylic acids is 2. The molecule has 2 saturated carbocycles. The first-order valence-corrected chi connectivity index (χ1v) is 18.8. The maximum atomic E-state index is 14.1. The Morgan fingerprint density at radius 2 is 1.87 bits per heavy atom. The molecule has 5 heterocycles. The highest BCUT2D eigenvalue weighted by molar-refractivity contribution is 6.03. The number of ether oxygens (including phenoxy) is 2. The van der Waals surface area contributed by atoms with Crippen molar-refractivity contribution in [3.8, 4) is 11.3 Å². The summed E-state index contributed by atoms with van der Waals surface area (Å²) in [5.74, 6) is -0.542. The van der Waals surface area contributed by atoms with Crippen molar-refractivity contribution in [3.63, 3.8) is 0 Å². The number of amides is 1. The van der Waals surface area contributed by atoms with E-state index in [1.54, 1.807) is 38.4 Å². The molecule has 15 heteroatoms. The lowest BCUT2D eigenvalue weighted by Crippen LogP contribution is -2.40. The number of halogens is 3. The third kappa shape index (κ3) is 8.51. The van der Waals surface area contributed by atoms with E-state index in [-0.39, 0.29) is 34.6 Å². The van der Waals surface area contributed by atoms with Gasteiger partial charge in [-0.3, -0.25) is 24.8 Å². The summed E-state index contributed by atoms with van der Waals surface area (Å²) < 4.78 is 52.9. The molecule has 2 fully saturated rings. The molecule has 2 N–H and O–H groups in total. The monoisotopic (exact) mass is 748 g/mol. The second-order valence-electron chi connectivity index (χ2n) is 15.0. The smallest absolute Gasteiger partial charge is 0.433 e. The predicted octanol–water partition coefficient (Wildman–Crippen LogP) is 6.91. The van der Waals surface area contributed by atoms with Crippen molar-refractivity contribution in [2.24, 2.45) is 5.41 Å². The maximum absolute atomic E-state index is 14.1. The van der Waals surface area contributed by atoms with Gasteiger partial charge < -0.3 is 19.4 Å². The molecule has 1 amide bonds. The fraction of sp³-hybridized carbons (Fsp3) is 0.538. The van der Waals surface area contributed by atoms with Crippen molar-refractivity contribution < 1.29 is 32.2 Å². The molecule has 0 bridgehead atoms. The number of hydrogen-bond donors (Lipinski definition) is 2. The molecule has 0 spiro atoms. The number of carbonyl (C=O) groups is 2. The number of rotatable bonds is 13. The summed E-state index contributed by atoms with van der Waals surface area (Å²) in [6.07, 6.45) is 5.06. The molecular formula is C39H47F3N8O4.